The van der Waals surface area contributed by atoms with Crippen LogP contribution >= 0.6 is 0 Å². The van der Waals surface area contributed by atoms with Crippen LogP contribution in [0, 0.1) is 0 Å². The number of pyridine rings is 1. The van der Waals surface area contributed by atoms with Gasteiger partial charge in [0, 0.05) is 35.3 Å². The van der Waals surface area contributed by atoms with Crippen LogP contribution in [0.4, 0.5) is 18.9 Å². The van der Waals surface area contributed by atoms with E-state index in [-0.39, 0.29) is 12.2 Å². The molecule has 1 amide bonds. The Balaban J connectivity index is 1.76. The van der Waals surface area contributed by atoms with Gasteiger partial charge in [-0.25, -0.2) is 0 Å². The zero-order chi connectivity index (χ0) is 20.9. The Morgan fingerprint density at radius 1 is 1.07 bits per heavy atom. The summed E-state index contributed by atoms with van der Waals surface area (Å²) in [4.78, 5) is 16.4. The quantitative estimate of drug-likeness (QED) is 0.635. The third kappa shape index (κ3) is 5.25. The lowest BCUT2D eigenvalue weighted by Crippen LogP contribution is -2.14. The van der Waals surface area contributed by atoms with E-state index in [0.717, 1.165) is 17.7 Å². The van der Waals surface area contributed by atoms with Gasteiger partial charge in [-0.05, 0) is 36.4 Å². The topological polar surface area (TPSA) is 60.5 Å². The Hall–Kier alpha value is -3.55. The predicted molar refractivity (Wildman–Crippen MR) is 101 cm³/mol. The summed E-state index contributed by atoms with van der Waals surface area (Å²) in [7, 11) is 1.48. The summed E-state index contributed by atoms with van der Waals surface area (Å²) in [6, 6.07) is 12.6. The number of benzene rings is 2. The first-order valence-corrected chi connectivity index (χ1v) is 8.55. The minimum absolute atomic E-state index is 0.103. The number of amides is 1. The fourth-order valence-corrected chi connectivity index (χ4v) is 2.55. The van der Waals surface area contributed by atoms with Gasteiger partial charge in [0.05, 0.1) is 12.7 Å². The molecule has 1 heterocycles. The summed E-state index contributed by atoms with van der Waals surface area (Å²) in [6.45, 7) is 0.231. The standard InChI is InChI=1S/C21H17F3N2O3/c1-28-18-8-7-17(11-19(18)29-13-14-4-3-9-25-12-14)26-20(27)15-5-2-6-16(10-15)21(22,23)24/h2-12H,13H2,1H3,(H,26,27). The number of nitrogens with zero attached hydrogens (tertiary/aromatic N) is 1. The van der Waals surface area contributed by atoms with Gasteiger partial charge in [-0.3, -0.25) is 9.78 Å². The van der Waals surface area contributed by atoms with Crippen molar-refractivity contribution < 1.29 is 27.4 Å². The van der Waals surface area contributed by atoms with Crippen molar-refractivity contribution in [2.45, 2.75) is 12.8 Å². The molecule has 0 aliphatic rings. The van der Waals surface area contributed by atoms with Crippen molar-refractivity contribution in [3.63, 3.8) is 0 Å². The molecule has 0 saturated carbocycles. The number of anilines is 1. The van der Waals surface area contributed by atoms with E-state index in [4.69, 9.17) is 9.47 Å². The average Bonchev–Trinajstić information content (AvgIpc) is 2.72. The average molecular weight is 402 g/mol. The normalized spacial score (nSPS) is 11.0. The highest BCUT2D eigenvalue weighted by Crippen LogP contribution is 2.32. The zero-order valence-electron chi connectivity index (χ0n) is 15.4. The van der Waals surface area contributed by atoms with Crippen LogP contribution in [0.15, 0.2) is 67.0 Å². The van der Waals surface area contributed by atoms with Gasteiger partial charge in [0.25, 0.3) is 5.91 Å². The molecule has 1 N–H and O–H groups in total. The molecular formula is C21H17F3N2O3. The molecule has 150 valence electrons. The fraction of sp³-hybridized carbons (Fsp3) is 0.143. The van der Waals surface area contributed by atoms with Gasteiger partial charge in [-0.15, -0.1) is 0 Å². The predicted octanol–water partition coefficient (Wildman–Crippen LogP) is 4.94. The van der Waals surface area contributed by atoms with Crippen molar-refractivity contribution in [3.05, 3.63) is 83.7 Å². The molecule has 0 saturated heterocycles. The summed E-state index contributed by atoms with van der Waals surface area (Å²) < 4.78 is 49.6. The van der Waals surface area contributed by atoms with Gasteiger partial charge < -0.3 is 14.8 Å². The van der Waals surface area contributed by atoms with E-state index in [1.807, 2.05) is 6.07 Å². The second kappa shape index (κ2) is 8.64. The van der Waals surface area contributed by atoms with Gasteiger partial charge in [0.1, 0.15) is 6.61 Å². The lowest BCUT2D eigenvalue weighted by atomic mass is 10.1. The van der Waals surface area contributed by atoms with Gasteiger partial charge in [0.15, 0.2) is 11.5 Å². The molecule has 0 fully saturated rings. The number of halogens is 3. The Morgan fingerprint density at radius 3 is 2.59 bits per heavy atom. The number of carbonyl (C=O) groups excluding carboxylic acids is 1. The van der Waals surface area contributed by atoms with Crippen LogP contribution in [0.1, 0.15) is 21.5 Å². The van der Waals surface area contributed by atoms with Crippen molar-refractivity contribution in [1.29, 1.82) is 0 Å². The van der Waals surface area contributed by atoms with E-state index in [1.54, 1.807) is 36.7 Å². The SMILES string of the molecule is COc1ccc(NC(=O)c2cccc(C(F)(F)F)c2)cc1OCc1cccnc1. The maximum absolute atomic E-state index is 12.9. The third-order valence-electron chi connectivity index (χ3n) is 3.99. The van der Waals surface area contributed by atoms with E-state index in [2.05, 4.69) is 10.3 Å². The first kappa shape index (κ1) is 20.2. The minimum Gasteiger partial charge on any atom is -0.493 e. The number of hydrogen-bond acceptors (Lipinski definition) is 4. The van der Waals surface area contributed by atoms with Crippen molar-refractivity contribution in [2.24, 2.45) is 0 Å². The molecule has 0 aliphatic heterocycles. The number of ether oxygens (including phenoxy) is 2. The van der Waals surface area contributed by atoms with Crippen LogP contribution in [0.25, 0.3) is 0 Å². The zero-order valence-corrected chi connectivity index (χ0v) is 15.4. The molecule has 0 spiro atoms. The Bertz CT molecular complexity index is 992. The molecule has 8 heteroatoms. The molecule has 3 rings (SSSR count). The summed E-state index contributed by atoms with van der Waals surface area (Å²) in [5.74, 6) is 0.156. The molecule has 0 radical (unpaired) electrons. The first-order chi connectivity index (χ1) is 13.9. The lowest BCUT2D eigenvalue weighted by molar-refractivity contribution is -0.137. The fourth-order valence-electron chi connectivity index (χ4n) is 2.55. The van der Waals surface area contributed by atoms with E-state index in [0.29, 0.717) is 17.2 Å². The van der Waals surface area contributed by atoms with Crippen LogP contribution in [-0.4, -0.2) is 18.0 Å². The lowest BCUT2D eigenvalue weighted by Gasteiger charge is -2.13. The first-order valence-electron chi connectivity index (χ1n) is 8.55. The van der Waals surface area contributed by atoms with Crippen molar-refractivity contribution in [2.75, 3.05) is 12.4 Å². The van der Waals surface area contributed by atoms with Crippen LogP contribution in [-0.2, 0) is 12.8 Å². The molecule has 3 aromatic rings. The van der Waals surface area contributed by atoms with E-state index >= 15 is 0 Å². The maximum Gasteiger partial charge on any atom is 0.416 e. The highest BCUT2D eigenvalue weighted by Gasteiger charge is 2.30. The molecule has 2 aromatic carbocycles. The Morgan fingerprint density at radius 2 is 1.90 bits per heavy atom. The second-order valence-electron chi connectivity index (χ2n) is 6.05. The second-order valence-corrected chi connectivity index (χ2v) is 6.05. The molecule has 0 unspecified atom stereocenters. The molecule has 5 nitrogen and oxygen atoms in total. The van der Waals surface area contributed by atoms with Crippen molar-refractivity contribution >= 4 is 11.6 Å². The molecule has 0 bridgehead atoms. The Kier molecular flexibility index (Phi) is 6.01. The number of aromatic nitrogens is 1. The summed E-state index contributed by atoms with van der Waals surface area (Å²) in [5.41, 5.74) is 0.205. The number of hydrogen-bond donors (Lipinski definition) is 1. The van der Waals surface area contributed by atoms with Gasteiger partial charge in [-0.1, -0.05) is 12.1 Å². The van der Waals surface area contributed by atoms with Gasteiger partial charge >= 0.3 is 6.18 Å². The maximum atomic E-state index is 12.9. The number of rotatable bonds is 6. The van der Waals surface area contributed by atoms with Gasteiger partial charge in [-0.2, -0.15) is 13.2 Å². The number of carbonyl (C=O) groups is 1. The number of methoxy groups -OCH3 is 1. The molecule has 0 atom stereocenters. The molecular weight excluding hydrogens is 385 g/mol. The van der Waals surface area contributed by atoms with Crippen LogP contribution in [0.3, 0.4) is 0 Å². The Labute approximate surface area is 165 Å². The molecule has 0 aliphatic carbocycles. The van der Waals surface area contributed by atoms with Crippen LogP contribution < -0.4 is 14.8 Å². The summed E-state index contributed by atoms with van der Waals surface area (Å²) >= 11 is 0. The third-order valence-corrected chi connectivity index (χ3v) is 3.99. The van der Waals surface area contributed by atoms with Crippen LogP contribution in [0.2, 0.25) is 0 Å². The number of alkyl halides is 3. The van der Waals surface area contributed by atoms with Crippen molar-refractivity contribution in [3.8, 4) is 11.5 Å². The smallest absolute Gasteiger partial charge is 0.416 e. The number of nitrogens with one attached hydrogen (secondary N) is 1. The largest absolute Gasteiger partial charge is 0.493 e. The van der Waals surface area contributed by atoms with E-state index < -0.39 is 17.6 Å². The van der Waals surface area contributed by atoms with Crippen molar-refractivity contribution in [1.82, 2.24) is 4.98 Å². The van der Waals surface area contributed by atoms with Gasteiger partial charge in [0.2, 0.25) is 0 Å². The summed E-state index contributed by atoms with van der Waals surface area (Å²) in [6.07, 6.45) is -1.22. The molecule has 29 heavy (non-hydrogen) atoms. The highest BCUT2D eigenvalue weighted by molar-refractivity contribution is 6.04. The minimum atomic E-state index is -4.52. The molecule has 1 aromatic heterocycles. The summed E-state index contributed by atoms with van der Waals surface area (Å²) in [5, 5.41) is 2.57. The van der Waals surface area contributed by atoms with E-state index in [1.165, 1.54) is 19.2 Å². The van der Waals surface area contributed by atoms with E-state index in [9.17, 15) is 18.0 Å². The monoisotopic (exact) mass is 402 g/mol. The van der Waals surface area contributed by atoms with Crippen LogP contribution in [0.5, 0.6) is 11.5 Å². The highest BCUT2D eigenvalue weighted by atomic mass is 19.4.